The summed E-state index contributed by atoms with van der Waals surface area (Å²) >= 11 is 5.88. The van der Waals surface area contributed by atoms with E-state index in [0.29, 0.717) is 24.4 Å². The summed E-state index contributed by atoms with van der Waals surface area (Å²) in [6, 6.07) is 7.26. The van der Waals surface area contributed by atoms with Crippen LogP contribution in [0.3, 0.4) is 0 Å². The Labute approximate surface area is 123 Å². The Kier molecular flexibility index (Phi) is 5.01. The first-order chi connectivity index (χ1) is 9.58. The first-order valence-electron chi connectivity index (χ1n) is 6.83. The van der Waals surface area contributed by atoms with E-state index in [1.165, 1.54) is 0 Å². The number of carboxylic acids is 1. The molecule has 0 unspecified atom stereocenters. The molecule has 4 nitrogen and oxygen atoms in total. The molecule has 1 aliphatic rings. The number of hydrogen-bond acceptors (Lipinski definition) is 2. The molecule has 5 heteroatoms. The largest absolute Gasteiger partial charge is 0.481 e. The summed E-state index contributed by atoms with van der Waals surface area (Å²) in [7, 11) is 0. The Morgan fingerprint density at radius 3 is 2.60 bits per heavy atom. The molecule has 2 N–H and O–H groups in total. The quantitative estimate of drug-likeness (QED) is 0.897. The van der Waals surface area contributed by atoms with Crippen molar-refractivity contribution in [2.24, 2.45) is 11.8 Å². The van der Waals surface area contributed by atoms with Gasteiger partial charge in [-0.1, -0.05) is 36.6 Å². The van der Waals surface area contributed by atoms with Crippen LogP contribution in [0.15, 0.2) is 24.3 Å². The summed E-state index contributed by atoms with van der Waals surface area (Å²) in [4.78, 5) is 23.4. The average molecular weight is 296 g/mol. The van der Waals surface area contributed by atoms with Gasteiger partial charge < -0.3 is 10.4 Å². The first-order valence-corrected chi connectivity index (χ1v) is 7.20. The zero-order valence-electron chi connectivity index (χ0n) is 11.1. The van der Waals surface area contributed by atoms with Crippen LogP contribution in [-0.4, -0.2) is 17.0 Å². The molecule has 2 rings (SSSR count). The van der Waals surface area contributed by atoms with Crippen LogP contribution in [0.25, 0.3) is 0 Å². The van der Waals surface area contributed by atoms with Crippen LogP contribution in [0, 0.1) is 11.8 Å². The number of aliphatic carboxylic acids is 1. The molecule has 0 radical (unpaired) electrons. The molecule has 2 atom stereocenters. The van der Waals surface area contributed by atoms with Gasteiger partial charge in [-0.05, 0) is 30.5 Å². The number of halogens is 1. The molecule has 1 amide bonds. The summed E-state index contributed by atoms with van der Waals surface area (Å²) in [6.07, 6.45) is 3.04. The summed E-state index contributed by atoms with van der Waals surface area (Å²) in [5.74, 6) is -2.01. The minimum Gasteiger partial charge on any atom is -0.481 e. The molecule has 1 aromatic carbocycles. The molecule has 0 bridgehead atoms. The molecule has 0 heterocycles. The van der Waals surface area contributed by atoms with Crippen LogP contribution in [-0.2, 0) is 16.1 Å². The van der Waals surface area contributed by atoms with E-state index in [1.54, 1.807) is 12.1 Å². The minimum absolute atomic E-state index is 0.169. The van der Waals surface area contributed by atoms with Crippen molar-refractivity contribution >= 4 is 23.5 Å². The lowest BCUT2D eigenvalue weighted by Crippen LogP contribution is -2.39. The van der Waals surface area contributed by atoms with Gasteiger partial charge in [0.05, 0.1) is 11.8 Å². The second kappa shape index (κ2) is 6.75. The summed E-state index contributed by atoms with van der Waals surface area (Å²) in [5, 5.41) is 12.6. The van der Waals surface area contributed by atoms with Crippen LogP contribution in [0.5, 0.6) is 0 Å². The Morgan fingerprint density at radius 2 is 1.95 bits per heavy atom. The highest BCUT2D eigenvalue weighted by atomic mass is 35.5. The molecule has 1 fully saturated rings. The van der Waals surface area contributed by atoms with E-state index >= 15 is 0 Å². The predicted molar refractivity (Wildman–Crippen MR) is 76.4 cm³/mol. The number of rotatable bonds is 4. The average Bonchev–Trinajstić information content (AvgIpc) is 2.45. The van der Waals surface area contributed by atoms with Gasteiger partial charge in [0.1, 0.15) is 0 Å². The van der Waals surface area contributed by atoms with Gasteiger partial charge in [0.2, 0.25) is 5.91 Å². The van der Waals surface area contributed by atoms with Crippen molar-refractivity contribution in [1.82, 2.24) is 5.32 Å². The zero-order chi connectivity index (χ0) is 14.5. The molecule has 20 heavy (non-hydrogen) atoms. The number of carbonyl (C=O) groups is 2. The third-order valence-corrected chi connectivity index (χ3v) is 4.01. The van der Waals surface area contributed by atoms with E-state index in [9.17, 15) is 14.7 Å². The number of benzene rings is 1. The van der Waals surface area contributed by atoms with E-state index in [0.717, 1.165) is 18.4 Å². The summed E-state index contributed by atoms with van der Waals surface area (Å²) < 4.78 is 0. The van der Waals surface area contributed by atoms with Gasteiger partial charge in [0, 0.05) is 11.6 Å². The monoisotopic (exact) mass is 295 g/mol. The van der Waals surface area contributed by atoms with Crippen molar-refractivity contribution in [3.63, 3.8) is 0 Å². The second-order valence-corrected chi connectivity index (χ2v) is 5.62. The number of hydrogen-bond donors (Lipinski definition) is 2. The second-order valence-electron chi connectivity index (χ2n) is 5.18. The van der Waals surface area contributed by atoms with Gasteiger partial charge >= 0.3 is 5.97 Å². The van der Waals surface area contributed by atoms with E-state index < -0.39 is 17.8 Å². The van der Waals surface area contributed by atoms with Gasteiger partial charge in [-0.25, -0.2) is 0 Å². The molecule has 108 valence electrons. The van der Waals surface area contributed by atoms with Crippen LogP contribution in [0.1, 0.15) is 31.2 Å². The SMILES string of the molecule is O=C(O)[C@H]1CCCC[C@@H]1C(=O)NCc1cccc(Cl)c1. The maximum absolute atomic E-state index is 12.2. The molecule has 1 aromatic rings. The van der Waals surface area contributed by atoms with Crippen molar-refractivity contribution in [3.8, 4) is 0 Å². The number of carbonyl (C=O) groups excluding carboxylic acids is 1. The van der Waals surface area contributed by atoms with Crippen molar-refractivity contribution in [2.45, 2.75) is 32.2 Å². The third-order valence-electron chi connectivity index (χ3n) is 3.78. The van der Waals surface area contributed by atoms with Crippen LogP contribution in [0.2, 0.25) is 5.02 Å². The Bertz CT molecular complexity index is 504. The highest BCUT2D eigenvalue weighted by Crippen LogP contribution is 2.30. The van der Waals surface area contributed by atoms with E-state index in [1.807, 2.05) is 12.1 Å². The molecule has 0 saturated heterocycles. The maximum Gasteiger partial charge on any atom is 0.307 e. The number of carboxylic acid groups (broad SMARTS) is 1. The Hall–Kier alpha value is -1.55. The zero-order valence-corrected chi connectivity index (χ0v) is 11.9. The molecular formula is C15H18ClNO3. The summed E-state index contributed by atoms with van der Waals surface area (Å²) in [6.45, 7) is 0.377. The molecule has 0 aromatic heterocycles. The molecular weight excluding hydrogens is 278 g/mol. The lowest BCUT2D eigenvalue weighted by Gasteiger charge is -2.27. The van der Waals surface area contributed by atoms with Crippen LogP contribution in [0.4, 0.5) is 0 Å². The van der Waals surface area contributed by atoms with Gasteiger partial charge in [-0.15, -0.1) is 0 Å². The van der Waals surface area contributed by atoms with E-state index in [2.05, 4.69) is 5.32 Å². The van der Waals surface area contributed by atoms with Crippen LogP contribution >= 0.6 is 11.6 Å². The third kappa shape index (κ3) is 3.73. The lowest BCUT2D eigenvalue weighted by atomic mass is 9.78. The smallest absolute Gasteiger partial charge is 0.307 e. The predicted octanol–water partition coefficient (Wildman–Crippen LogP) is 2.85. The van der Waals surface area contributed by atoms with Gasteiger partial charge in [-0.2, -0.15) is 0 Å². The first kappa shape index (κ1) is 14.9. The molecule has 1 aliphatic carbocycles. The number of amides is 1. The molecule has 0 aliphatic heterocycles. The van der Waals surface area contributed by atoms with Gasteiger partial charge in [0.15, 0.2) is 0 Å². The fourth-order valence-electron chi connectivity index (χ4n) is 2.71. The van der Waals surface area contributed by atoms with Gasteiger partial charge in [0.25, 0.3) is 0 Å². The minimum atomic E-state index is -0.868. The lowest BCUT2D eigenvalue weighted by molar-refractivity contribution is -0.148. The van der Waals surface area contributed by atoms with E-state index in [4.69, 9.17) is 11.6 Å². The van der Waals surface area contributed by atoms with Crippen molar-refractivity contribution in [2.75, 3.05) is 0 Å². The van der Waals surface area contributed by atoms with Gasteiger partial charge in [-0.3, -0.25) is 9.59 Å². The summed E-state index contributed by atoms with van der Waals surface area (Å²) in [5.41, 5.74) is 0.911. The topological polar surface area (TPSA) is 66.4 Å². The fourth-order valence-corrected chi connectivity index (χ4v) is 2.92. The Balaban J connectivity index is 1.95. The highest BCUT2D eigenvalue weighted by molar-refractivity contribution is 6.30. The Morgan fingerprint density at radius 1 is 1.25 bits per heavy atom. The number of nitrogens with one attached hydrogen (secondary N) is 1. The maximum atomic E-state index is 12.2. The van der Waals surface area contributed by atoms with Crippen molar-refractivity contribution in [3.05, 3.63) is 34.9 Å². The normalized spacial score (nSPS) is 22.2. The molecule has 0 spiro atoms. The standard InChI is InChI=1S/C15H18ClNO3/c16-11-5-3-4-10(8-11)9-17-14(18)12-6-1-2-7-13(12)15(19)20/h3-5,8,12-13H,1-2,6-7,9H2,(H,17,18)(H,19,20)/t12-,13-/m0/s1. The van der Waals surface area contributed by atoms with Crippen LogP contribution < -0.4 is 5.32 Å². The van der Waals surface area contributed by atoms with Crippen molar-refractivity contribution in [1.29, 1.82) is 0 Å². The van der Waals surface area contributed by atoms with Crippen molar-refractivity contribution < 1.29 is 14.7 Å². The van der Waals surface area contributed by atoms with E-state index in [-0.39, 0.29) is 5.91 Å². The molecule has 1 saturated carbocycles. The fraction of sp³-hybridized carbons (Fsp3) is 0.467. The highest BCUT2D eigenvalue weighted by Gasteiger charge is 2.35.